The Morgan fingerprint density at radius 3 is 2.31 bits per heavy atom. The summed E-state index contributed by atoms with van der Waals surface area (Å²) in [6.45, 7) is 14.4. The van der Waals surface area contributed by atoms with Gasteiger partial charge < -0.3 is 26.2 Å². The van der Waals surface area contributed by atoms with E-state index in [1.54, 1.807) is 4.90 Å². The van der Waals surface area contributed by atoms with Crippen LogP contribution in [0.1, 0.15) is 92.4 Å². The van der Waals surface area contributed by atoms with Gasteiger partial charge in [-0.2, -0.15) is 4.31 Å². The average Bonchev–Trinajstić information content (AvgIpc) is 3.38. The first-order valence-corrected chi connectivity index (χ1v) is 20.1. The van der Waals surface area contributed by atoms with Gasteiger partial charge in [-0.15, -0.1) is 18.9 Å². The summed E-state index contributed by atoms with van der Waals surface area (Å²) < 4.78 is 27.1. The zero-order chi connectivity index (χ0) is 37.7. The number of terminal acetylenes is 1. The average molecular weight is 731 g/mol. The zero-order valence-corrected chi connectivity index (χ0v) is 31.8. The molecule has 0 bridgehead atoms. The molecule has 2 heterocycles. The second kappa shape index (κ2) is 16.5. The molecule has 14 heteroatoms. The number of carbonyl (C=O) groups excluding carboxylic acids is 5. The van der Waals surface area contributed by atoms with Crippen molar-refractivity contribution in [3.05, 3.63) is 12.7 Å². The topological polar surface area (TPSA) is 174 Å². The Kier molecular flexibility index (Phi) is 13.0. The summed E-state index contributed by atoms with van der Waals surface area (Å²) in [6, 6.07) is -4.09. The smallest absolute Gasteiger partial charge is 0.315 e. The first-order chi connectivity index (χ1) is 23.9. The molecule has 4 N–H and O–H groups in total. The standard InChI is InChI=1S/C37H58N6O7S/c1-8-10-18-26(31(44)33(46)38-19-9-2)39-32(45)30-28-25(37(28,6)7)22-43(30)34(47)29(24-16-12-11-13-17-24)41-35(48)40-27(36(3,4)5)23-42-20-14-15-21-51(42,49)50/h1,9,24-30H,2,10-23H2,3-7H3,(H,38,46)(H,39,45)(H2,40,41,48)/t25?,26?,27?,28-,29-,30-/m0/s1. The summed E-state index contributed by atoms with van der Waals surface area (Å²) in [6.07, 6.45) is 12.8. The van der Waals surface area contributed by atoms with Crippen molar-refractivity contribution in [2.45, 2.75) is 117 Å². The predicted molar refractivity (Wildman–Crippen MR) is 194 cm³/mol. The molecule has 3 unspecified atom stereocenters. The molecular weight excluding hydrogens is 673 g/mol. The number of Topliss-reactive ketones (excluding diaryl/α,β-unsaturated/α-hetero) is 1. The third kappa shape index (κ3) is 9.52. The molecule has 0 aromatic rings. The van der Waals surface area contributed by atoms with Crippen molar-refractivity contribution in [1.82, 2.24) is 30.5 Å². The minimum absolute atomic E-state index is 0.0468. The van der Waals surface area contributed by atoms with Crippen LogP contribution in [0.3, 0.4) is 0 Å². The summed E-state index contributed by atoms with van der Waals surface area (Å²) >= 11 is 0. The third-order valence-corrected chi connectivity index (χ3v) is 13.4. The first-order valence-electron chi connectivity index (χ1n) is 18.5. The molecule has 2 saturated carbocycles. The molecule has 51 heavy (non-hydrogen) atoms. The number of nitrogens with one attached hydrogen (secondary N) is 4. The van der Waals surface area contributed by atoms with E-state index in [0.717, 1.165) is 38.5 Å². The maximum absolute atomic E-state index is 14.6. The van der Waals surface area contributed by atoms with E-state index in [1.807, 2.05) is 34.6 Å². The SMILES string of the molecule is C#CCCC(NC(=O)[C@@H]1[C@@H]2C(CN1C(=O)[C@@H](NC(=O)NC(CN1CCCCS1(=O)=O)C(C)(C)C)C1CCCCC1)C2(C)C)C(=O)C(=O)NCC=C. The van der Waals surface area contributed by atoms with Crippen LogP contribution in [0.5, 0.6) is 0 Å². The van der Waals surface area contributed by atoms with Gasteiger partial charge in [-0.3, -0.25) is 19.2 Å². The third-order valence-electron chi connectivity index (χ3n) is 11.5. The number of ketones is 1. The lowest BCUT2D eigenvalue weighted by molar-refractivity contribution is -0.144. The Hall–Kier alpha value is -3.44. The molecule has 2 saturated heterocycles. The summed E-state index contributed by atoms with van der Waals surface area (Å²) in [4.78, 5) is 69.7. The summed E-state index contributed by atoms with van der Waals surface area (Å²) in [7, 11) is -3.43. The van der Waals surface area contributed by atoms with E-state index in [0.29, 0.717) is 19.5 Å². The van der Waals surface area contributed by atoms with Crippen molar-refractivity contribution < 1.29 is 32.4 Å². The monoisotopic (exact) mass is 730 g/mol. The number of hydrogen-bond donors (Lipinski definition) is 4. The number of carbonyl (C=O) groups is 5. The molecule has 4 aliphatic rings. The van der Waals surface area contributed by atoms with Gasteiger partial charge in [0.25, 0.3) is 5.91 Å². The van der Waals surface area contributed by atoms with Gasteiger partial charge in [0.2, 0.25) is 27.6 Å². The highest BCUT2D eigenvalue weighted by atomic mass is 32.2. The number of likely N-dealkylation sites (tertiary alicyclic amines) is 1. The Morgan fingerprint density at radius 2 is 1.71 bits per heavy atom. The van der Waals surface area contributed by atoms with E-state index in [-0.39, 0.29) is 60.8 Å². The van der Waals surface area contributed by atoms with Crippen LogP contribution in [0.25, 0.3) is 0 Å². The van der Waals surface area contributed by atoms with Gasteiger partial charge in [-0.1, -0.05) is 60.0 Å². The van der Waals surface area contributed by atoms with Crippen LogP contribution in [0.15, 0.2) is 12.7 Å². The normalized spacial score (nSPS) is 26.0. The quantitative estimate of drug-likeness (QED) is 0.121. The van der Waals surface area contributed by atoms with Gasteiger partial charge in [0, 0.05) is 38.6 Å². The second-order valence-corrected chi connectivity index (χ2v) is 18.4. The maximum atomic E-state index is 14.6. The van der Waals surface area contributed by atoms with Crippen molar-refractivity contribution in [2.75, 3.05) is 31.9 Å². The van der Waals surface area contributed by atoms with E-state index < -0.39 is 63.2 Å². The van der Waals surface area contributed by atoms with Crippen LogP contribution in [0.2, 0.25) is 0 Å². The Bertz CT molecular complexity index is 1490. The molecule has 2 aliphatic carbocycles. The number of urea groups is 1. The van der Waals surface area contributed by atoms with Gasteiger partial charge in [0.05, 0.1) is 11.8 Å². The van der Waals surface area contributed by atoms with Crippen LogP contribution < -0.4 is 21.3 Å². The van der Waals surface area contributed by atoms with E-state index in [4.69, 9.17) is 6.42 Å². The number of piperidine rings is 1. The van der Waals surface area contributed by atoms with Gasteiger partial charge in [0.1, 0.15) is 12.1 Å². The highest BCUT2D eigenvalue weighted by molar-refractivity contribution is 7.89. The van der Waals surface area contributed by atoms with E-state index in [9.17, 15) is 32.4 Å². The minimum Gasteiger partial charge on any atom is -0.346 e. The minimum atomic E-state index is -3.43. The molecule has 5 amide bonds. The molecule has 0 aromatic heterocycles. The molecule has 13 nitrogen and oxygen atoms in total. The van der Waals surface area contributed by atoms with Crippen molar-refractivity contribution in [3.8, 4) is 12.3 Å². The first kappa shape index (κ1) is 40.3. The molecular formula is C37H58N6O7S. The molecule has 4 rings (SSSR count). The number of sulfonamides is 1. The van der Waals surface area contributed by atoms with Crippen molar-refractivity contribution in [2.24, 2.45) is 28.6 Å². The van der Waals surface area contributed by atoms with E-state index >= 15 is 0 Å². The number of hydrogen-bond acceptors (Lipinski definition) is 7. The van der Waals surface area contributed by atoms with Crippen LogP contribution in [-0.4, -0.2) is 103 Å². The molecule has 284 valence electrons. The highest BCUT2D eigenvalue weighted by Gasteiger charge is 2.69. The van der Waals surface area contributed by atoms with Crippen molar-refractivity contribution in [1.29, 1.82) is 0 Å². The summed E-state index contributed by atoms with van der Waals surface area (Å²) in [5.74, 6) is -0.313. The van der Waals surface area contributed by atoms with Crippen LogP contribution in [-0.2, 0) is 29.2 Å². The van der Waals surface area contributed by atoms with Gasteiger partial charge in [-0.25, -0.2) is 13.2 Å². The number of amides is 5. The number of fused-ring (bicyclic) bond motifs is 1. The number of nitrogens with zero attached hydrogens (tertiary/aromatic N) is 2. The fourth-order valence-electron chi connectivity index (χ4n) is 8.13. The second-order valence-electron chi connectivity index (χ2n) is 16.3. The van der Waals surface area contributed by atoms with Crippen LogP contribution in [0.4, 0.5) is 4.79 Å². The molecule has 0 spiro atoms. The maximum Gasteiger partial charge on any atom is 0.315 e. The van der Waals surface area contributed by atoms with Crippen LogP contribution >= 0.6 is 0 Å². The lowest BCUT2D eigenvalue weighted by atomic mass is 9.83. The summed E-state index contributed by atoms with van der Waals surface area (Å²) in [5, 5.41) is 11.2. The van der Waals surface area contributed by atoms with E-state index in [2.05, 4.69) is 33.8 Å². The van der Waals surface area contributed by atoms with Gasteiger partial charge >= 0.3 is 6.03 Å². The van der Waals surface area contributed by atoms with E-state index in [1.165, 1.54) is 10.4 Å². The van der Waals surface area contributed by atoms with Crippen molar-refractivity contribution in [3.63, 3.8) is 0 Å². The molecule has 4 fully saturated rings. The largest absolute Gasteiger partial charge is 0.346 e. The fourth-order valence-corrected chi connectivity index (χ4v) is 9.74. The van der Waals surface area contributed by atoms with Gasteiger partial charge in [-0.05, 0) is 60.7 Å². The van der Waals surface area contributed by atoms with Crippen molar-refractivity contribution >= 4 is 39.6 Å². The predicted octanol–water partition coefficient (Wildman–Crippen LogP) is 2.33. The number of rotatable bonds is 14. The molecule has 2 aliphatic heterocycles. The zero-order valence-electron chi connectivity index (χ0n) is 31.0. The Balaban J connectivity index is 1.56. The Morgan fingerprint density at radius 1 is 1.02 bits per heavy atom. The molecule has 0 aromatic carbocycles. The Labute approximate surface area is 303 Å². The van der Waals surface area contributed by atoms with Gasteiger partial charge in [0.15, 0.2) is 0 Å². The molecule has 6 atom stereocenters. The highest BCUT2D eigenvalue weighted by Crippen LogP contribution is 2.65. The lowest BCUT2D eigenvalue weighted by Gasteiger charge is -2.39. The molecule has 0 radical (unpaired) electrons. The lowest BCUT2D eigenvalue weighted by Crippen LogP contribution is -2.62. The van der Waals surface area contributed by atoms with Crippen LogP contribution in [0, 0.1) is 40.9 Å². The summed E-state index contributed by atoms with van der Waals surface area (Å²) in [5.41, 5.74) is -0.714. The fraction of sp³-hybridized carbons (Fsp3) is 0.757.